The van der Waals surface area contributed by atoms with Crippen molar-refractivity contribution in [2.45, 2.75) is 6.42 Å². The van der Waals surface area contributed by atoms with Gasteiger partial charge < -0.3 is 4.90 Å². The van der Waals surface area contributed by atoms with Gasteiger partial charge in [-0.15, -0.1) is 12.3 Å². The Morgan fingerprint density at radius 3 is 2.86 bits per heavy atom. The van der Waals surface area contributed by atoms with Crippen LogP contribution in [0.1, 0.15) is 17.7 Å². The number of terminal acetylenes is 1. The summed E-state index contributed by atoms with van der Waals surface area (Å²) in [5.74, 6) is 2.78. The van der Waals surface area contributed by atoms with Crippen LogP contribution in [0.5, 0.6) is 0 Å². The molecule has 1 saturated heterocycles. The highest BCUT2D eigenvalue weighted by molar-refractivity contribution is 5.96. The highest BCUT2D eigenvalue weighted by Crippen LogP contribution is 2.25. The zero-order valence-electron chi connectivity index (χ0n) is 12.1. The number of carbonyl (C=O) groups excluding carboxylic acids is 1. The third kappa shape index (κ3) is 3.07. The Morgan fingerprint density at radius 2 is 2.14 bits per heavy atom. The molecule has 0 saturated carbocycles. The summed E-state index contributed by atoms with van der Waals surface area (Å²) < 4.78 is 0. The van der Waals surface area contributed by atoms with Crippen molar-refractivity contribution in [3.63, 3.8) is 0 Å². The lowest BCUT2D eigenvalue weighted by molar-refractivity contribution is -0.117. The van der Waals surface area contributed by atoms with Crippen molar-refractivity contribution in [2.24, 2.45) is 5.92 Å². The number of benzene rings is 1. The molecule has 0 bridgehead atoms. The van der Waals surface area contributed by atoms with Crippen molar-refractivity contribution in [3.05, 3.63) is 59.9 Å². The molecule has 1 aliphatic heterocycles. The van der Waals surface area contributed by atoms with Crippen molar-refractivity contribution < 1.29 is 4.79 Å². The maximum atomic E-state index is 12.0. The van der Waals surface area contributed by atoms with Gasteiger partial charge in [0, 0.05) is 30.8 Å². The first-order valence-corrected chi connectivity index (χ1v) is 7.22. The summed E-state index contributed by atoms with van der Waals surface area (Å²) in [6, 6.07) is 13.7. The average molecular weight is 288 g/mol. The van der Waals surface area contributed by atoms with E-state index in [0.29, 0.717) is 13.0 Å². The van der Waals surface area contributed by atoms with Gasteiger partial charge in [-0.25, -0.2) is 0 Å². The fourth-order valence-corrected chi connectivity index (χ4v) is 2.52. The molecule has 0 N–H and O–H groups in total. The molecule has 0 radical (unpaired) electrons. The van der Waals surface area contributed by atoms with Gasteiger partial charge in [0.25, 0.3) is 0 Å². The molecule has 1 fully saturated rings. The Balaban J connectivity index is 1.80. The molecule has 1 atom stereocenters. The molecule has 2 heterocycles. The van der Waals surface area contributed by atoms with Gasteiger partial charge in [0.2, 0.25) is 5.91 Å². The van der Waals surface area contributed by atoms with Gasteiger partial charge in [-0.3, -0.25) is 9.78 Å². The lowest BCUT2D eigenvalue weighted by Crippen LogP contribution is -2.24. The van der Waals surface area contributed by atoms with Crippen LogP contribution in [0.15, 0.2) is 48.7 Å². The summed E-state index contributed by atoms with van der Waals surface area (Å²) in [7, 11) is 0. The van der Waals surface area contributed by atoms with Crippen molar-refractivity contribution in [3.8, 4) is 12.3 Å². The number of anilines is 1. The maximum absolute atomic E-state index is 12.0. The quantitative estimate of drug-likeness (QED) is 0.812. The summed E-state index contributed by atoms with van der Waals surface area (Å²) in [5.41, 5.74) is 2.82. The molecule has 3 nitrogen and oxygen atoms in total. The van der Waals surface area contributed by atoms with Gasteiger partial charge in [0.05, 0.1) is 5.69 Å². The zero-order chi connectivity index (χ0) is 15.4. The summed E-state index contributed by atoms with van der Waals surface area (Å²) in [5, 5.41) is 0. The van der Waals surface area contributed by atoms with E-state index in [4.69, 9.17) is 6.42 Å². The number of aromatic nitrogens is 1. The predicted molar refractivity (Wildman–Crippen MR) is 88.9 cm³/mol. The van der Waals surface area contributed by atoms with E-state index in [1.807, 2.05) is 54.6 Å². The van der Waals surface area contributed by atoms with Crippen molar-refractivity contribution in [2.75, 3.05) is 11.4 Å². The van der Waals surface area contributed by atoms with Crippen LogP contribution in [-0.2, 0) is 4.79 Å². The minimum atomic E-state index is 0.0141. The summed E-state index contributed by atoms with van der Waals surface area (Å²) in [6.45, 7) is 0.600. The van der Waals surface area contributed by atoms with E-state index in [1.54, 1.807) is 11.1 Å². The van der Waals surface area contributed by atoms with Gasteiger partial charge in [0.1, 0.15) is 0 Å². The highest BCUT2D eigenvalue weighted by Gasteiger charge is 2.29. The van der Waals surface area contributed by atoms with Crippen LogP contribution in [0.4, 0.5) is 5.69 Å². The number of pyridine rings is 1. The van der Waals surface area contributed by atoms with Crippen LogP contribution in [0.25, 0.3) is 12.2 Å². The van der Waals surface area contributed by atoms with Gasteiger partial charge in [-0.05, 0) is 35.9 Å². The first kappa shape index (κ1) is 14.1. The van der Waals surface area contributed by atoms with Crippen LogP contribution in [0.3, 0.4) is 0 Å². The SMILES string of the molecule is C#CC1CC(=O)N(c2cccc(C=Cc3ccccn3)c2)C1. The van der Waals surface area contributed by atoms with Crippen LogP contribution in [0, 0.1) is 18.3 Å². The van der Waals surface area contributed by atoms with E-state index >= 15 is 0 Å². The Labute approximate surface area is 130 Å². The molecule has 1 aliphatic rings. The topological polar surface area (TPSA) is 33.2 Å². The Bertz CT molecular complexity index is 744. The Kier molecular flexibility index (Phi) is 4.02. The number of hydrogen-bond acceptors (Lipinski definition) is 2. The molecule has 2 aromatic rings. The molecule has 1 aromatic heterocycles. The Morgan fingerprint density at radius 1 is 1.23 bits per heavy atom. The van der Waals surface area contributed by atoms with Crippen molar-refractivity contribution in [1.29, 1.82) is 0 Å². The second-order valence-electron chi connectivity index (χ2n) is 5.25. The maximum Gasteiger partial charge on any atom is 0.228 e. The fraction of sp³-hybridized carbons (Fsp3) is 0.158. The number of rotatable bonds is 3. The molecule has 1 amide bonds. The average Bonchev–Trinajstić information content (AvgIpc) is 2.95. The molecular weight excluding hydrogens is 272 g/mol. The van der Waals surface area contributed by atoms with Gasteiger partial charge in [-0.2, -0.15) is 0 Å². The van der Waals surface area contributed by atoms with Crippen LogP contribution >= 0.6 is 0 Å². The van der Waals surface area contributed by atoms with Crippen LogP contribution in [0.2, 0.25) is 0 Å². The van der Waals surface area contributed by atoms with Crippen LogP contribution in [-0.4, -0.2) is 17.4 Å². The molecule has 108 valence electrons. The number of hydrogen-bond donors (Lipinski definition) is 0. The number of nitrogens with zero attached hydrogens (tertiary/aromatic N) is 2. The van der Waals surface area contributed by atoms with Crippen molar-refractivity contribution in [1.82, 2.24) is 4.98 Å². The third-order valence-electron chi connectivity index (χ3n) is 3.68. The van der Waals surface area contributed by atoms with E-state index in [1.165, 1.54) is 0 Å². The number of carbonyl (C=O) groups is 1. The fourth-order valence-electron chi connectivity index (χ4n) is 2.52. The molecule has 0 spiro atoms. The van der Waals surface area contributed by atoms with E-state index in [0.717, 1.165) is 16.9 Å². The molecule has 1 unspecified atom stereocenters. The minimum Gasteiger partial charge on any atom is -0.311 e. The molecule has 3 heteroatoms. The largest absolute Gasteiger partial charge is 0.311 e. The lowest BCUT2D eigenvalue weighted by atomic mass is 10.1. The van der Waals surface area contributed by atoms with E-state index in [-0.39, 0.29) is 11.8 Å². The Hall–Kier alpha value is -2.86. The first-order valence-electron chi connectivity index (χ1n) is 7.22. The van der Waals surface area contributed by atoms with Crippen LogP contribution < -0.4 is 4.90 Å². The second-order valence-corrected chi connectivity index (χ2v) is 5.25. The van der Waals surface area contributed by atoms with E-state index < -0.39 is 0 Å². The van der Waals surface area contributed by atoms with E-state index in [9.17, 15) is 4.79 Å². The summed E-state index contributed by atoms with van der Waals surface area (Å²) >= 11 is 0. The normalized spacial score (nSPS) is 17.9. The molecular formula is C19H16N2O. The monoisotopic (exact) mass is 288 g/mol. The summed E-state index contributed by atoms with van der Waals surface area (Å²) in [4.78, 5) is 18.1. The highest BCUT2D eigenvalue weighted by atomic mass is 16.2. The second kappa shape index (κ2) is 6.28. The standard InChI is InChI=1S/C19H16N2O/c1-2-15-13-19(22)21(14-15)18-8-5-6-16(12-18)9-10-17-7-3-4-11-20-17/h1,3-12,15H,13-14H2. The lowest BCUT2D eigenvalue weighted by Gasteiger charge is -2.16. The number of amides is 1. The molecule has 1 aromatic carbocycles. The zero-order valence-corrected chi connectivity index (χ0v) is 12.1. The summed E-state index contributed by atoms with van der Waals surface area (Å²) in [6.07, 6.45) is 11.6. The van der Waals surface area contributed by atoms with Gasteiger partial charge >= 0.3 is 0 Å². The molecule has 3 rings (SSSR count). The van der Waals surface area contributed by atoms with E-state index in [2.05, 4.69) is 10.9 Å². The molecule has 0 aliphatic carbocycles. The smallest absolute Gasteiger partial charge is 0.228 e. The minimum absolute atomic E-state index is 0.0141. The van der Waals surface area contributed by atoms with Gasteiger partial charge in [-0.1, -0.05) is 24.3 Å². The first-order chi connectivity index (χ1) is 10.8. The van der Waals surface area contributed by atoms with Gasteiger partial charge in [0.15, 0.2) is 0 Å². The van der Waals surface area contributed by atoms with Crippen molar-refractivity contribution >= 4 is 23.7 Å². The predicted octanol–water partition coefficient (Wildman–Crippen LogP) is 3.24. The molecule has 22 heavy (non-hydrogen) atoms. The third-order valence-corrected chi connectivity index (χ3v) is 3.68.